The fourth-order valence-corrected chi connectivity index (χ4v) is 0.741. The molecule has 0 saturated heterocycles. The molecule has 2 N–H and O–H groups in total. The SMILES string of the molecule is C=CCB(O)ONC(=O)n1ccnc1. The molecule has 7 heteroatoms. The summed E-state index contributed by atoms with van der Waals surface area (Å²) in [5.41, 5.74) is 2.06. The maximum atomic E-state index is 11.2. The molecular weight excluding hydrogens is 185 g/mol. The average molecular weight is 195 g/mol. The van der Waals surface area contributed by atoms with Gasteiger partial charge in [0.1, 0.15) is 6.33 Å². The first-order valence-corrected chi connectivity index (χ1v) is 3.97. The molecule has 0 aliphatic carbocycles. The van der Waals surface area contributed by atoms with Crippen LogP contribution in [0.15, 0.2) is 31.4 Å². The van der Waals surface area contributed by atoms with Gasteiger partial charge in [0, 0.05) is 18.7 Å². The Balaban J connectivity index is 2.32. The van der Waals surface area contributed by atoms with E-state index in [-0.39, 0.29) is 6.32 Å². The van der Waals surface area contributed by atoms with Crippen LogP contribution in [0.4, 0.5) is 4.79 Å². The number of carbonyl (C=O) groups excluding carboxylic acids is 1. The Bertz CT molecular complexity index is 301. The third-order valence-corrected chi connectivity index (χ3v) is 1.39. The predicted octanol–water partition coefficient (Wildman–Crippen LogP) is 0.0389. The van der Waals surface area contributed by atoms with Gasteiger partial charge >= 0.3 is 13.1 Å². The number of rotatable bonds is 4. The van der Waals surface area contributed by atoms with Gasteiger partial charge in [0.15, 0.2) is 0 Å². The third-order valence-electron chi connectivity index (χ3n) is 1.39. The summed E-state index contributed by atoms with van der Waals surface area (Å²) >= 11 is 0. The first kappa shape index (κ1) is 10.5. The van der Waals surface area contributed by atoms with E-state index in [2.05, 4.69) is 21.8 Å². The van der Waals surface area contributed by atoms with Crippen molar-refractivity contribution >= 4 is 13.1 Å². The summed E-state index contributed by atoms with van der Waals surface area (Å²) in [6, 6.07) is -0.523. The lowest BCUT2D eigenvalue weighted by atomic mass is 9.86. The molecule has 74 valence electrons. The highest BCUT2D eigenvalue weighted by Gasteiger charge is 2.12. The Hall–Kier alpha value is -1.60. The van der Waals surface area contributed by atoms with E-state index in [0.29, 0.717) is 0 Å². The summed E-state index contributed by atoms with van der Waals surface area (Å²) in [5.74, 6) is 0. The summed E-state index contributed by atoms with van der Waals surface area (Å²) < 4.78 is 5.79. The van der Waals surface area contributed by atoms with Crippen molar-refractivity contribution in [1.82, 2.24) is 15.0 Å². The molecule has 0 aliphatic rings. The van der Waals surface area contributed by atoms with Gasteiger partial charge in [-0.1, -0.05) is 6.08 Å². The van der Waals surface area contributed by atoms with Crippen molar-refractivity contribution in [2.75, 3.05) is 0 Å². The molecule has 1 heterocycles. The van der Waals surface area contributed by atoms with Gasteiger partial charge < -0.3 is 5.02 Å². The second-order valence-electron chi connectivity index (χ2n) is 2.47. The molecule has 0 unspecified atom stereocenters. The molecule has 0 aliphatic heterocycles. The van der Waals surface area contributed by atoms with E-state index in [1.54, 1.807) is 0 Å². The van der Waals surface area contributed by atoms with Gasteiger partial charge in [0.25, 0.3) is 0 Å². The summed E-state index contributed by atoms with van der Waals surface area (Å²) in [6.45, 7) is 3.41. The average Bonchev–Trinajstić information content (AvgIpc) is 2.67. The first-order chi connectivity index (χ1) is 6.74. The number of hydroxylamine groups is 1. The molecule has 0 fully saturated rings. The predicted molar refractivity (Wildman–Crippen MR) is 50.2 cm³/mol. The molecule has 0 atom stereocenters. The maximum absolute atomic E-state index is 11.2. The number of allylic oxidation sites excluding steroid dienone is 1. The minimum Gasteiger partial charge on any atom is -0.426 e. The lowest BCUT2D eigenvalue weighted by Gasteiger charge is -2.06. The first-order valence-electron chi connectivity index (χ1n) is 3.97. The molecule has 14 heavy (non-hydrogen) atoms. The van der Waals surface area contributed by atoms with Crippen molar-refractivity contribution in [2.45, 2.75) is 6.32 Å². The Labute approximate surface area is 81.3 Å². The molecule has 0 bridgehead atoms. The van der Waals surface area contributed by atoms with E-state index in [1.807, 2.05) is 0 Å². The van der Waals surface area contributed by atoms with E-state index in [1.165, 1.54) is 29.4 Å². The monoisotopic (exact) mass is 195 g/mol. The quantitative estimate of drug-likeness (QED) is 0.404. The van der Waals surface area contributed by atoms with Crippen LogP contribution in [0.1, 0.15) is 0 Å². The molecule has 1 aromatic heterocycles. The molecule has 6 nitrogen and oxygen atoms in total. The molecule has 0 radical (unpaired) electrons. The topological polar surface area (TPSA) is 76.4 Å². The highest BCUT2D eigenvalue weighted by molar-refractivity contribution is 6.43. The number of nitrogens with zero attached hydrogens (tertiary/aromatic N) is 2. The van der Waals surface area contributed by atoms with Crippen LogP contribution in [0.3, 0.4) is 0 Å². The second kappa shape index (κ2) is 5.20. The highest BCUT2D eigenvalue weighted by atomic mass is 16.7. The van der Waals surface area contributed by atoms with Gasteiger partial charge in [-0.3, -0.25) is 9.32 Å². The van der Waals surface area contributed by atoms with Crippen LogP contribution in [0.2, 0.25) is 6.32 Å². The standard InChI is InChI=1S/C7H10BN3O3/c1-2-3-8(13)14-10-7(12)11-5-4-9-6-11/h2,4-6,13H,1,3H2,(H,10,12). The van der Waals surface area contributed by atoms with Crippen LogP contribution in [-0.4, -0.2) is 27.7 Å². The minimum absolute atomic E-state index is 0.240. The number of aromatic nitrogens is 2. The fraction of sp³-hybridized carbons (Fsp3) is 0.143. The second-order valence-corrected chi connectivity index (χ2v) is 2.47. The zero-order valence-corrected chi connectivity index (χ0v) is 7.46. The number of carbonyl (C=O) groups is 1. The van der Waals surface area contributed by atoms with Crippen LogP contribution in [-0.2, 0) is 4.76 Å². The van der Waals surface area contributed by atoms with E-state index in [0.717, 1.165) is 0 Å². The van der Waals surface area contributed by atoms with Gasteiger partial charge in [-0.2, -0.15) is 0 Å². The smallest absolute Gasteiger partial charge is 0.426 e. The largest absolute Gasteiger partial charge is 0.483 e. The van der Waals surface area contributed by atoms with E-state index in [9.17, 15) is 4.79 Å². The van der Waals surface area contributed by atoms with Crippen molar-refractivity contribution in [3.05, 3.63) is 31.4 Å². The van der Waals surface area contributed by atoms with Crippen LogP contribution >= 0.6 is 0 Å². The van der Waals surface area contributed by atoms with Gasteiger partial charge in [0.05, 0.1) is 0 Å². The number of amides is 1. The Morgan fingerprint density at radius 2 is 2.64 bits per heavy atom. The number of hydrogen-bond acceptors (Lipinski definition) is 4. The normalized spacial score (nSPS) is 9.50. The van der Waals surface area contributed by atoms with Crippen molar-refractivity contribution < 1.29 is 14.6 Å². The summed E-state index contributed by atoms with van der Waals surface area (Å²) in [5, 5.41) is 9.06. The Morgan fingerprint density at radius 1 is 1.86 bits per heavy atom. The van der Waals surface area contributed by atoms with Crippen molar-refractivity contribution in [2.24, 2.45) is 0 Å². The van der Waals surface area contributed by atoms with Gasteiger partial charge in [-0.05, 0) is 0 Å². The van der Waals surface area contributed by atoms with Crippen LogP contribution < -0.4 is 5.48 Å². The Kier molecular flexibility index (Phi) is 3.90. The lowest BCUT2D eigenvalue weighted by molar-refractivity contribution is 0.158. The fourth-order valence-electron chi connectivity index (χ4n) is 0.741. The van der Waals surface area contributed by atoms with Gasteiger partial charge in [0.2, 0.25) is 0 Å². The molecule has 1 rings (SSSR count). The maximum Gasteiger partial charge on any atom is 0.483 e. The molecule has 0 spiro atoms. The zero-order chi connectivity index (χ0) is 10.4. The van der Waals surface area contributed by atoms with Crippen molar-refractivity contribution in [3.8, 4) is 0 Å². The number of imidazole rings is 1. The molecule has 1 amide bonds. The number of hydrogen-bond donors (Lipinski definition) is 2. The molecular formula is C7H10BN3O3. The van der Waals surface area contributed by atoms with Crippen molar-refractivity contribution in [3.63, 3.8) is 0 Å². The van der Waals surface area contributed by atoms with E-state index in [4.69, 9.17) is 5.02 Å². The third kappa shape index (κ3) is 3.04. The number of nitrogens with one attached hydrogen (secondary N) is 1. The van der Waals surface area contributed by atoms with Crippen LogP contribution in [0.25, 0.3) is 0 Å². The van der Waals surface area contributed by atoms with E-state index < -0.39 is 13.1 Å². The zero-order valence-electron chi connectivity index (χ0n) is 7.46. The van der Waals surface area contributed by atoms with E-state index >= 15 is 0 Å². The van der Waals surface area contributed by atoms with Gasteiger partial charge in [-0.15, -0.1) is 6.58 Å². The molecule has 0 saturated carbocycles. The Morgan fingerprint density at radius 3 is 3.21 bits per heavy atom. The summed E-state index contributed by atoms with van der Waals surface area (Å²) in [4.78, 5) is 14.8. The minimum atomic E-state index is -1.08. The summed E-state index contributed by atoms with van der Waals surface area (Å²) in [7, 11) is -1.08. The van der Waals surface area contributed by atoms with Crippen LogP contribution in [0, 0.1) is 0 Å². The lowest BCUT2D eigenvalue weighted by Crippen LogP contribution is -2.34. The highest BCUT2D eigenvalue weighted by Crippen LogP contribution is 1.90. The molecule has 1 aromatic rings. The summed E-state index contributed by atoms with van der Waals surface area (Å²) in [6.07, 6.45) is 5.95. The van der Waals surface area contributed by atoms with Gasteiger partial charge in [-0.25, -0.2) is 15.3 Å². The van der Waals surface area contributed by atoms with Crippen molar-refractivity contribution in [1.29, 1.82) is 0 Å². The molecule has 0 aromatic carbocycles. The van der Waals surface area contributed by atoms with Crippen LogP contribution in [0.5, 0.6) is 0 Å².